The van der Waals surface area contributed by atoms with E-state index < -0.39 is 0 Å². The van der Waals surface area contributed by atoms with E-state index in [0.717, 1.165) is 44.7 Å². The highest BCUT2D eigenvalue weighted by Gasteiger charge is 2.14. The van der Waals surface area contributed by atoms with Crippen molar-refractivity contribution in [3.05, 3.63) is 29.6 Å². The number of hydrogen-bond donors (Lipinski definition) is 0. The van der Waals surface area contributed by atoms with Crippen molar-refractivity contribution < 1.29 is 9.13 Å². The largest absolute Gasteiger partial charge is 0.378 e. The lowest BCUT2D eigenvalue weighted by atomic mass is 10.1. The molecule has 1 fully saturated rings. The van der Waals surface area contributed by atoms with Gasteiger partial charge in [0.2, 0.25) is 0 Å². The van der Waals surface area contributed by atoms with E-state index in [1.807, 2.05) is 6.07 Å². The van der Waals surface area contributed by atoms with Crippen molar-refractivity contribution in [1.29, 1.82) is 0 Å². The van der Waals surface area contributed by atoms with E-state index in [1.165, 1.54) is 5.69 Å². The van der Waals surface area contributed by atoms with E-state index in [-0.39, 0.29) is 5.82 Å². The van der Waals surface area contributed by atoms with Gasteiger partial charge in [-0.1, -0.05) is 13.3 Å². The molecule has 88 valence electrons. The Morgan fingerprint density at radius 1 is 1.31 bits per heavy atom. The minimum atomic E-state index is -0.138. The molecule has 0 aromatic heterocycles. The Labute approximate surface area is 96.0 Å². The van der Waals surface area contributed by atoms with Crippen LogP contribution in [-0.4, -0.2) is 26.3 Å². The SMILES string of the molecule is CCCc1cc(F)ccc1N1CCOCC1. The van der Waals surface area contributed by atoms with Gasteiger partial charge in [0.15, 0.2) is 0 Å². The molecule has 0 radical (unpaired) electrons. The lowest BCUT2D eigenvalue weighted by Gasteiger charge is -2.30. The zero-order valence-electron chi connectivity index (χ0n) is 9.71. The molecule has 2 rings (SSSR count). The molecule has 0 N–H and O–H groups in total. The first-order valence-electron chi connectivity index (χ1n) is 5.92. The molecular weight excluding hydrogens is 205 g/mol. The first-order valence-corrected chi connectivity index (χ1v) is 5.92. The van der Waals surface area contributed by atoms with Gasteiger partial charge in [-0.15, -0.1) is 0 Å². The molecular formula is C13H18FNO. The molecule has 1 aromatic rings. The van der Waals surface area contributed by atoms with E-state index in [2.05, 4.69) is 11.8 Å². The quantitative estimate of drug-likeness (QED) is 0.781. The zero-order chi connectivity index (χ0) is 11.4. The van der Waals surface area contributed by atoms with Crippen LogP contribution in [-0.2, 0) is 11.2 Å². The van der Waals surface area contributed by atoms with Crippen LogP contribution in [0.1, 0.15) is 18.9 Å². The number of aryl methyl sites for hydroxylation is 1. The maximum atomic E-state index is 13.2. The van der Waals surface area contributed by atoms with Crippen molar-refractivity contribution in [1.82, 2.24) is 0 Å². The van der Waals surface area contributed by atoms with Crippen molar-refractivity contribution in [2.45, 2.75) is 19.8 Å². The average Bonchev–Trinajstić information content (AvgIpc) is 2.31. The molecule has 1 heterocycles. The van der Waals surface area contributed by atoms with Crippen LogP contribution in [0.3, 0.4) is 0 Å². The van der Waals surface area contributed by atoms with Crippen LogP contribution in [0, 0.1) is 5.82 Å². The standard InChI is InChI=1S/C13H18FNO/c1-2-3-11-10-12(14)4-5-13(11)15-6-8-16-9-7-15/h4-5,10H,2-3,6-9H2,1H3. The molecule has 0 unspecified atom stereocenters. The van der Waals surface area contributed by atoms with Crippen LogP contribution in [0.5, 0.6) is 0 Å². The van der Waals surface area contributed by atoms with Crippen molar-refractivity contribution in [2.24, 2.45) is 0 Å². The second-order valence-corrected chi connectivity index (χ2v) is 4.12. The summed E-state index contributed by atoms with van der Waals surface area (Å²) in [5, 5.41) is 0. The van der Waals surface area contributed by atoms with Gasteiger partial charge in [-0.3, -0.25) is 0 Å². The molecule has 0 amide bonds. The predicted molar refractivity (Wildman–Crippen MR) is 63.4 cm³/mol. The fourth-order valence-corrected chi connectivity index (χ4v) is 2.14. The Morgan fingerprint density at radius 3 is 2.75 bits per heavy atom. The normalized spacial score (nSPS) is 16.5. The molecule has 0 spiro atoms. The topological polar surface area (TPSA) is 12.5 Å². The number of morpholine rings is 1. The maximum absolute atomic E-state index is 13.2. The summed E-state index contributed by atoms with van der Waals surface area (Å²) in [7, 11) is 0. The molecule has 1 saturated heterocycles. The van der Waals surface area contributed by atoms with Gasteiger partial charge in [0.25, 0.3) is 0 Å². The Balaban J connectivity index is 2.23. The molecule has 0 aliphatic carbocycles. The molecule has 0 atom stereocenters. The first-order chi connectivity index (χ1) is 7.81. The van der Waals surface area contributed by atoms with Crippen LogP contribution >= 0.6 is 0 Å². The fourth-order valence-electron chi connectivity index (χ4n) is 2.14. The Kier molecular flexibility index (Phi) is 3.78. The predicted octanol–water partition coefficient (Wildman–Crippen LogP) is 2.61. The number of rotatable bonds is 3. The lowest BCUT2D eigenvalue weighted by molar-refractivity contribution is 0.122. The van der Waals surface area contributed by atoms with Crippen LogP contribution < -0.4 is 4.90 Å². The Morgan fingerprint density at radius 2 is 2.06 bits per heavy atom. The summed E-state index contributed by atoms with van der Waals surface area (Å²) in [5.41, 5.74) is 2.29. The summed E-state index contributed by atoms with van der Waals surface area (Å²) in [5.74, 6) is -0.138. The van der Waals surface area contributed by atoms with Crippen LogP contribution in [0.15, 0.2) is 18.2 Å². The summed E-state index contributed by atoms with van der Waals surface area (Å²) >= 11 is 0. The van der Waals surface area contributed by atoms with Gasteiger partial charge in [-0.05, 0) is 30.2 Å². The highest BCUT2D eigenvalue weighted by atomic mass is 19.1. The zero-order valence-corrected chi connectivity index (χ0v) is 9.71. The molecule has 1 aliphatic heterocycles. The molecule has 16 heavy (non-hydrogen) atoms. The van der Waals surface area contributed by atoms with Crippen molar-refractivity contribution in [3.8, 4) is 0 Å². The lowest BCUT2D eigenvalue weighted by Crippen LogP contribution is -2.36. The van der Waals surface area contributed by atoms with E-state index in [9.17, 15) is 4.39 Å². The summed E-state index contributed by atoms with van der Waals surface area (Å²) in [6.45, 7) is 5.46. The second kappa shape index (κ2) is 5.30. The number of benzene rings is 1. The van der Waals surface area contributed by atoms with E-state index >= 15 is 0 Å². The molecule has 0 bridgehead atoms. The average molecular weight is 223 g/mol. The minimum absolute atomic E-state index is 0.138. The van der Waals surface area contributed by atoms with E-state index in [0.29, 0.717) is 0 Å². The number of nitrogens with zero attached hydrogens (tertiary/aromatic N) is 1. The molecule has 2 nitrogen and oxygen atoms in total. The summed E-state index contributed by atoms with van der Waals surface area (Å²) in [6.07, 6.45) is 1.98. The van der Waals surface area contributed by atoms with Gasteiger partial charge in [0.1, 0.15) is 5.82 Å². The molecule has 3 heteroatoms. The smallest absolute Gasteiger partial charge is 0.123 e. The van der Waals surface area contributed by atoms with E-state index in [1.54, 1.807) is 12.1 Å². The number of hydrogen-bond acceptors (Lipinski definition) is 2. The summed E-state index contributed by atoms with van der Waals surface area (Å²) in [4.78, 5) is 2.29. The van der Waals surface area contributed by atoms with Gasteiger partial charge >= 0.3 is 0 Å². The Bertz CT molecular complexity index is 348. The third-order valence-corrected chi connectivity index (χ3v) is 2.91. The van der Waals surface area contributed by atoms with Gasteiger partial charge < -0.3 is 9.64 Å². The molecule has 1 aliphatic rings. The van der Waals surface area contributed by atoms with Crippen LogP contribution in [0.2, 0.25) is 0 Å². The van der Waals surface area contributed by atoms with Gasteiger partial charge in [0, 0.05) is 18.8 Å². The monoisotopic (exact) mass is 223 g/mol. The number of halogens is 1. The second-order valence-electron chi connectivity index (χ2n) is 4.12. The van der Waals surface area contributed by atoms with Crippen molar-refractivity contribution >= 4 is 5.69 Å². The van der Waals surface area contributed by atoms with Gasteiger partial charge in [0.05, 0.1) is 13.2 Å². The highest BCUT2D eigenvalue weighted by Crippen LogP contribution is 2.23. The minimum Gasteiger partial charge on any atom is -0.378 e. The molecule has 1 aromatic carbocycles. The van der Waals surface area contributed by atoms with E-state index in [4.69, 9.17) is 4.74 Å². The van der Waals surface area contributed by atoms with Crippen LogP contribution in [0.4, 0.5) is 10.1 Å². The maximum Gasteiger partial charge on any atom is 0.123 e. The molecule has 0 saturated carbocycles. The van der Waals surface area contributed by atoms with Crippen molar-refractivity contribution in [2.75, 3.05) is 31.2 Å². The first kappa shape index (κ1) is 11.4. The number of ether oxygens (including phenoxy) is 1. The summed E-state index contributed by atoms with van der Waals surface area (Å²) in [6, 6.07) is 5.10. The van der Waals surface area contributed by atoms with Crippen LogP contribution in [0.25, 0.3) is 0 Å². The third-order valence-electron chi connectivity index (χ3n) is 2.91. The summed E-state index contributed by atoms with van der Waals surface area (Å²) < 4.78 is 18.5. The van der Waals surface area contributed by atoms with Gasteiger partial charge in [-0.2, -0.15) is 0 Å². The third kappa shape index (κ3) is 2.53. The van der Waals surface area contributed by atoms with Crippen molar-refractivity contribution in [3.63, 3.8) is 0 Å². The fraction of sp³-hybridized carbons (Fsp3) is 0.538. The number of anilines is 1. The Hall–Kier alpha value is -1.09. The highest BCUT2D eigenvalue weighted by molar-refractivity contribution is 5.54. The van der Waals surface area contributed by atoms with Gasteiger partial charge in [-0.25, -0.2) is 4.39 Å².